The molecule has 0 bridgehead atoms. The van der Waals surface area contributed by atoms with E-state index >= 15 is 0 Å². The lowest BCUT2D eigenvalue weighted by molar-refractivity contribution is 0.409. The summed E-state index contributed by atoms with van der Waals surface area (Å²) < 4.78 is 0. The first-order chi connectivity index (χ1) is 10.3. The number of nitrogens with one attached hydrogen (secondary N) is 1. The Kier molecular flexibility index (Phi) is 4.72. The van der Waals surface area contributed by atoms with Crippen molar-refractivity contribution < 1.29 is 0 Å². The lowest BCUT2D eigenvalue weighted by Crippen LogP contribution is -2.40. The fourth-order valence-corrected chi connectivity index (χ4v) is 3.09. The first-order valence-corrected chi connectivity index (χ1v) is 8.15. The van der Waals surface area contributed by atoms with Gasteiger partial charge in [0.15, 0.2) is 0 Å². The molecule has 2 aromatic carbocycles. The summed E-state index contributed by atoms with van der Waals surface area (Å²) in [5, 5.41) is 3.88. The summed E-state index contributed by atoms with van der Waals surface area (Å²) >= 11 is 0. The molecule has 1 aliphatic rings. The summed E-state index contributed by atoms with van der Waals surface area (Å²) in [6.45, 7) is 2.35. The molecular weight excluding hydrogens is 254 g/mol. The van der Waals surface area contributed by atoms with Crippen LogP contribution >= 0.6 is 0 Å². The van der Waals surface area contributed by atoms with Crippen molar-refractivity contribution >= 4 is 0 Å². The highest BCUT2D eigenvalue weighted by Crippen LogP contribution is 2.32. The van der Waals surface area contributed by atoms with E-state index in [0.717, 1.165) is 18.8 Å². The Hall–Kier alpha value is -1.60. The van der Waals surface area contributed by atoms with Gasteiger partial charge in [0, 0.05) is 12.1 Å². The highest BCUT2D eigenvalue weighted by atomic mass is 15.0. The van der Waals surface area contributed by atoms with E-state index in [1.807, 2.05) is 0 Å². The molecule has 0 radical (unpaired) electrons. The van der Waals surface area contributed by atoms with Gasteiger partial charge in [-0.3, -0.25) is 0 Å². The molecule has 1 nitrogen and oxygen atoms in total. The smallest absolute Gasteiger partial charge is 0.0150 e. The second kappa shape index (κ2) is 6.91. The molecule has 110 valence electrons. The van der Waals surface area contributed by atoms with Gasteiger partial charge in [0.05, 0.1) is 0 Å². The minimum absolute atomic E-state index is 0.519. The Bertz CT molecular complexity index is 489. The quantitative estimate of drug-likeness (QED) is 0.800. The van der Waals surface area contributed by atoms with Crippen molar-refractivity contribution in [2.75, 3.05) is 0 Å². The van der Waals surface area contributed by atoms with E-state index in [9.17, 15) is 0 Å². The SMILES string of the molecule is CC(NC(Cc1ccccc1)Cc1ccccc1)C1CC1. The number of hydrogen-bond acceptors (Lipinski definition) is 1. The first-order valence-electron chi connectivity index (χ1n) is 8.15. The summed E-state index contributed by atoms with van der Waals surface area (Å²) in [5.74, 6) is 0.902. The second-order valence-corrected chi connectivity index (χ2v) is 6.37. The Morgan fingerprint density at radius 3 is 1.76 bits per heavy atom. The zero-order valence-electron chi connectivity index (χ0n) is 12.8. The Morgan fingerprint density at radius 2 is 1.33 bits per heavy atom. The summed E-state index contributed by atoms with van der Waals surface area (Å²) in [7, 11) is 0. The number of rotatable bonds is 7. The van der Waals surface area contributed by atoms with Gasteiger partial charge in [-0.05, 0) is 49.7 Å². The third kappa shape index (κ3) is 4.44. The zero-order chi connectivity index (χ0) is 14.5. The van der Waals surface area contributed by atoms with Crippen molar-refractivity contribution in [3.8, 4) is 0 Å². The normalized spacial score (nSPS) is 16.1. The minimum Gasteiger partial charge on any atom is -0.311 e. The molecule has 1 atom stereocenters. The topological polar surface area (TPSA) is 12.0 Å². The van der Waals surface area contributed by atoms with Gasteiger partial charge in [0.2, 0.25) is 0 Å². The van der Waals surface area contributed by atoms with Crippen LogP contribution in [0.2, 0.25) is 0 Å². The monoisotopic (exact) mass is 279 g/mol. The van der Waals surface area contributed by atoms with Gasteiger partial charge in [-0.2, -0.15) is 0 Å². The van der Waals surface area contributed by atoms with Gasteiger partial charge in [0.1, 0.15) is 0 Å². The molecule has 1 saturated carbocycles. The van der Waals surface area contributed by atoms with Crippen LogP contribution in [0.1, 0.15) is 30.9 Å². The van der Waals surface area contributed by atoms with Crippen LogP contribution in [0.5, 0.6) is 0 Å². The molecule has 0 aliphatic heterocycles. The zero-order valence-corrected chi connectivity index (χ0v) is 12.8. The average molecular weight is 279 g/mol. The van der Waals surface area contributed by atoms with Crippen LogP contribution in [-0.4, -0.2) is 12.1 Å². The molecular formula is C20H25N. The molecule has 1 unspecified atom stereocenters. The first kappa shape index (κ1) is 14.3. The molecule has 1 fully saturated rings. The minimum atomic E-state index is 0.519. The van der Waals surface area contributed by atoms with E-state index in [0.29, 0.717) is 12.1 Å². The highest BCUT2D eigenvalue weighted by Gasteiger charge is 2.29. The third-order valence-corrected chi connectivity index (χ3v) is 4.48. The van der Waals surface area contributed by atoms with Crippen molar-refractivity contribution in [3.63, 3.8) is 0 Å². The van der Waals surface area contributed by atoms with Crippen molar-refractivity contribution in [1.82, 2.24) is 5.32 Å². The molecule has 0 heterocycles. The van der Waals surface area contributed by atoms with Crippen molar-refractivity contribution in [2.45, 2.75) is 44.7 Å². The fraction of sp³-hybridized carbons (Fsp3) is 0.400. The Balaban J connectivity index is 1.67. The summed E-state index contributed by atoms with van der Waals surface area (Å²) in [6.07, 6.45) is 5.01. The van der Waals surface area contributed by atoms with Crippen LogP contribution in [0.4, 0.5) is 0 Å². The predicted octanol–water partition coefficient (Wildman–Crippen LogP) is 4.23. The van der Waals surface area contributed by atoms with Crippen LogP contribution in [-0.2, 0) is 12.8 Å². The average Bonchev–Trinajstić information content (AvgIpc) is 3.34. The molecule has 2 aromatic rings. The standard InChI is InChI=1S/C20H25N/c1-16(19-12-13-19)21-20(14-17-8-4-2-5-9-17)15-18-10-6-3-7-11-18/h2-11,16,19-21H,12-15H2,1H3. The molecule has 0 spiro atoms. The molecule has 1 N–H and O–H groups in total. The molecule has 3 rings (SSSR count). The van der Waals surface area contributed by atoms with Gasteiger partial charge in [-0.15, -0.1) is 0 Å². The lowest BCUT2D eigenvalue weighted by Gasteiger charge is -2.24. The van der Waals surface area contributed by atoms with E-state index in [4.69, 9.17) is 0 Å². The van der Waals surface area contributed by atoms with Gasteiger partial charge in [-0.25, -0.2) is 0 Å². The summed E-state index contributed by atoms with van der Waals surface area (Å²) in [5.41, 5.74) is 2.85. The third-order valence-electron chi connectivity index (χ3n) is 4.48. The summed E-state index contributed by atoms with van der Waals surface area (Å²) in [6, 6.07) is 22.8. The molecule has 0 amide bonds. The fourth-order valence-electron chi connectivity index (χ4n) is 3.09. The number of hydrogen-bond donors (Lipinski definition) is 1. The van der Waals surface area contributed by atoms with E-state index in [2.05, 4.69) is 72.9 Å². The van der Waals surface area contributed by atoms with E-state index < -0.39 is 0 Å². The van der Waals surface area contributed by atoms with Crippen molar-refractivity contribution in [1.29, 1.82) is 0 Å². The van der Waals surface area contributed by atoms with E-state index in [1.54, 1.807) is 0 Å². The van der Waals surface area contributed by atoms with Gasteiger partial charge in [-0.1, -0.05) is 60.7 Å². The largest absolute Gasteiger partial charge is 0.311 e. The van der Waals surface area contributed by atoms with Crippen molar-refractivity contribution in [2.24, 2.45) is 5.92 Å². The lowest BCUT2D eigenvalue weighted by atomic mass is 9.98. The molecule has 21 heavy (non-hydrogen) atoms. The van der Waals surface area contributed by atoms with Crippen LogP contribution in [0, 0.1) is 5.92 Å². The van der Waals surface area contributed by atoms with E-state index in [-0.39, 0.29) is 0 Å². The Labute approximate surface area is 128 Å². The number of benzene rings is 2. The molecule has 1 heteroatoms. The second-order valence-electron chi connectivity index (χ2n) is 6.37. The van der Waals surface area contributed by atoms with Gasteiger partial charge in [0.25, 0.3) is 0 Å². The van der Waals surface area contributed by atoms with Gasteiger partial charge < -0.3 is 5.32 Å². The van der Waals surface area contributed by atoms with Crippen LogP contribution in [0.3, 0.4) is 0 Å². The molecule has 1 aliphatic carbocycles. The van der Waals surface area contributed by atoms with Crippen LogP contribution in [0.25, 0.3) is 0 Å². The summed E-state index contributed by atoms with van der Waals surface area (Å²) in [4.78, 5) is 0. The predicted molar refractivity (Wildman–Crippen MR) is 89.4 cm³/mol. The molecule has 0 aromatic heterocycles. The maximum Gasteiger partial charge on any atom is 0.0150 e. The van der Waals surface area contributed by atoms with Gasteiger partial charge >= 0.3 is 0 Å². The highest BCUT2D eigenvalue weighted by molar-refractivity contribution is 5.19. The maximum atomic E-state index is 3.88. The molecule has 0 saturated heterocycles. The van der Waals surface area contributed by atoms with E-state index in [1.165, 1.54) is 24.0 Å². The van der Waals surface area contributed by atoms with Crippen LogP contribution in [0.15, 0.2) is 60.7 Å². The van der Waals surface area contributed by atoms with Crippen molar-refractivity contribution in [3.05, 3.63) is 71.8 Å². The maximum absolute atomic E-state index is 3.88. The van der Waals surface area contributed by atoms with Crippen LogP contribution < -0.4 is 5.32 Å². The Morgan fingerprint density at radius 1 is 0.857 bits per heavy atom.